The van der Waals surface area contributed by atoms with Gasteiger partial charge in [0.15, 0.2) is 0 Å². The van der Waals surface area contributed by atoms with Gasteiger partial charge in [-0.1, -0.05) is 23.8 Å². The number of aryl methyl sites for hydroxylation is 2. The SMILES string of the molecule is CNc1ncnc(-c2ccc(C)cc2C)c1C. The molecule has 0 spiro atoms. The second-order valence-corrected chi connectivity index (χ2v) is 4.26. The molecule has 0 aliphatic rings. The molecule has 1 N–H and O–H groups in total. The van der Waals surface area contributed by atoms with Crippen molar-refractivity contribution in [2.24, 2.45) is 0 Å². The lowest BCUT2D eigenvalue weighted by molar-refractivity contribution is 1.12. The van der Waals surface area contributed by atoms with Crippen molar-refractivity contribution < 1.29 is 0 Å². The van der Waals surface area contributed by atoms with E-state index in [1.165, 1.54) is 16.7 Å². The fourth-order valence-electron chi connectivity index (χ4n) is 2.05. The van der Waals surface area contributed by atoms with Gasteiger partial charge in [-0.2, -0.15) is 0 Å². The van der Waals surface area contributed by atoms with Gasteiger partial charge in [0.05, 0.1) is 5.69 Å². The van der Waals surface area contributed by atoms with Crippen molar-refractivity contribution in [3.05, 3.63) is 41.2 Å². The second kappa shape index (κ2) is 4.53. The molecule has 3 heteroatoms. The highest BCUT2D eigenvalue weighted by Crippen LogP contribution is 2.27. The van der Waals surface area contributed by atoms with Gasteiger partial charge in [0.1, 0.15) is 12.1 Å². The van der Waals surface area contributed by atoms with E-state index in [1.54, 1.807) is 6.33 Å². The predicted molar refractivity (Wildman–Crippen MR) is 71.2 cm³/mol. The molecule has 0 fully saturated rings. The molecule has 1 aromatic carbocycles. The van der Waals surface area contributed by atoms with E-state index in [-0.39, 0.29) is 0 Å². The Morgan fingerprint density at radius 3 is 2.47 bits per heavy atom. The van der Waals surface area contributed by atoms with Crippen LogP contribution in [0.25, 0.3) is 11.3 Å². The molecule has 1 aromatic heterocycles. The first-order chi connectivity index (χ1) is 8.13. The molecule has 0 bridgehead atoms. The summed E-state index contributed by atoms with van der Waals surface area (Å²) in [6.45, 7) is 6.26. The Morgan fingerprint density at radius 2 is 1.82 bits per heavy atom. The molecular formula is C14H17N3. The minimum Gasteiger partial charge on any atom is -0.373 e. The minimum absolute atomic E-state index is 0.884. The summed E-state index contributed by atoms with van der Waals surface area (Å²) in [5, 5.41) is 3.09. The van der Waals surface area contributed by atoms with E-state index in [0.29, 0.717) is 0 Å². The van der Waals surface area contributed by atoms with Gasteiger partial charge in [0.25, 0.3) is 0 Å². The minimum atomic E-state index is 0.884. The molecule has 0 atom stereocenters. The number of hydrogen-bond acceptors (Lipinski definition) is 3. The van der Waals surface area contributed by atoms with Crippen molar-refractivity contribution >= 4 is 5.82 Å². The van der Waals surface area contributed by atoms with Crippen LogP contribution in [-0.2, 0) is 0 Å². The molecule has 1 heterocycles. The molecule has 0 amide bonds. The smallest absolute Gasteiger partial charge is 0.132 e. The summed E-state index contributed by atoms with van der Waals surface area (Å²) in [4.78, 5) is 8.60. The van der Waals surface area contributed by atoms with Crippen LogP contribution in [0.4, 0.5) is 5.82 Å². The number of aromatic nitrogens is 2. The number of nitrogens with zero attached hydrogens (tertiary/aromatic N) is 2. The van der Waals surface area contributed by atoms with Crippen molar-refractivity contribution in [1.29, 1.82) is 0 Å². The third-order valence-corrected chi connectivity index (χ3v) is 2.96. The van der Waals surface area contributed by atoms with E-state index >= 15 is 0 Å². The lowest BCUT2D eigenvalue weighted by Gasteiger charge is -2.11. The van der Waals surface area contributed by atoms with Gasteiger partial charge in [-0.3, -0.25) is 0 Å². The Kier molecular flexibility index (Phi) is 3.09. The number of benzene rings is 1. The Hall–Kier alpha value is -1.90. The first-order valence-electron chi connectivity index (χ1n) is 5.70. The highest BCUT2D eigenvalue weighted by atomic mass is 15.0. The Balaban J connectivity index is 2.60. The van der Waals surface area contributed by atoms with E-state index in [0.717, 1.165) is 17.1 Å². The van der Waals surface area contributed by atoms with Crippen LogP contribution < -0.4 is 5.32 Å². The van der Waals surface area contributed by atoms with Crippen LogP contribution in [0.5, 0.6) is 0 Å². The molecule has 3 nitrogen and oxygen atoms in total. The first kappa shape index (κ1) is 11.6. The van der Waals surface area contributed by atoms with Crippen LogP contribution in [0.15, 0.2) is 24.5 Å². The van der Waals surface area contributed by atoms with Crippen LogP contribution in [-0.4, -0.2) is 17.0 Å². The molecule has 0 saturated carbocycles. The first-order valence-corrected chi connectivity index (χ1v) is 5.70. The van der Waals surface area contributed by atoms with E-state index in [2.05, 4.69) is 47.3 Å². The zero-order valence-electron chi connectivity index (χ0n) is 10.7. The van der Waals surface area contributed by atoms with Crippen LogP contribution in [0.3, 0.4) is 0 Å². The largest absolute Gasteiger partial charge is 0.373 e. The Labute approximate surface area is 102 Å². The highest BCUT2D eigenvalue weighted by molar-refractivity contribution is 5.70. The van der Waals surface area contributed by atoms with E-state index in [1.807, 2.05) is 14.0 Å². The van der Waals surface area contributed by atoms with Crippen molar-refractivity contribution in [3.63, 3.8) is 0 Å². The summed E-state index contributed by atoms with van der Waals surface area (Å²) in [7, 11) is 1.88. The maximum Gasteiger partial charge on any atom is 0.132 e. The lowest BCUT2D eigenvalue weighted by atomic mass is 10.0. The van der Waals surface area contributed by atoms with Crippen LogP contribution >= 0.6 is 0 Å². The molecule has 0 saturated heterocycles. The summed E-state index contributed by atoms with van der Waals surface area (Å²) < 4.78 is 0. The molecule has 2 rings (SSSR count). The number of hydrogen-bond donors (Lipinski definition) is 1. The molecule has 0 aliphatic heterocycles. The number of anilines is 1. The van der Waals surface area contributed by atoms with Crippen molar-refractivity contribution in [2.75, 3.05) is 12.4 Å². The Morgan fingerprint density at radius 1 is 1.06 bits per heavy atom. The van der Waals surface area contributed by atoms with E-state index in [4.69, 9.17) is 0 Å². The van der Waals surface area contributed by atoms with Gasteiger partial charge in [0.2, 0.25) is 0 Å². The number of rotatable bonds is 2. The standard InChI is InChI=1S/C14H17N3/c1-9-5-6-12(10(2)7-9)13-11(3)14(15-4)17-8-16-13/h5-8H,1-4H3,(H,15,16,17). The average Bonchev–Trinajstić information content (AvgIpc) is 2.30. The van der Waals surface area contributed by atoms with Gasteiger partial charge >= 0.3 is 0 Å². The van der Waals surface area contributed by atoms with E-state index in [9.17, 15) is 0 Å². The topological polar surface area (TPSA) is 37.8 Å². The Bertz CT molecular complexity index is 547. The van der Waals surface area contributed by atoms with Gasteiger partial charge in [-0.15, -0.1) is 0 Å². The van der Waals surface area contributed by atoms with Gasteiger partial charge in [-0.25, -0.2) is 9.97 Å². The average molecular weight is 227 g/mol. The van der Waals surface area contributed by atoms with E-state index < -0.39 is 0 Å². The number of nitrogens with one attached hydrogen (secondary N) is 1. The molecular weight excluding hydrogens is 210 g/mol. The normalized spacial score (nSPS) is 10.4. The maximum atomic E-state index is 4.40. The van der Waals surface area contributed by atoms with Gasteiger partial charge in [0, 0.05) is 18.2 Å². The molecule has 17 heavy (non-hydrogen) atoms. The van der Waals surface area contributed by atoms with Crippen LogP contribution in [0.1, 0.15) is 16.7 Å². The van der Waals surface area contributed by atoms with Crippen molar-refractivity contribution in [1.82, 2.24) is 9.97 Å². The lowest BCUT2D eigenvalue weighted by Crippen LogP contribution is -2.00. The zero-order chi connectivity index (χ0) is 12.4. The highest BCUT2D eigenvalue weighted by Gasteiger charge is 2.10. The summed E-state index contributed by atoms with van der Waals surface area (Å²) in [6.07, 6.45) is 1.60. The van der Waals surface area contributed by atoms with Gasteiger partial charge < -0.3 is 5.32 Å². The zero-order valence-corrected chi connectivity index (χ0v) is 10.7. The fourth-order valence-corrected chi connectivity index (χ4v) is 2.05. The molecule has 88 valence electrons. The third-order valence-electron chi connectivity index (χ3n) is 2.96. The molecule has 0 radical (unpaired) electrons. The fraction of sp³-hybridized carbons (Fsp3) is 0.286. The summed E-state index contributed by atoms with van der Waals surface area (Å²) >= 11 is 0. The molecule has 0 aliphatic carbocycles. The quantitative estimate of drug-likeness (QED) is 0.856. The van der Waals surface area contributed by atoms with Crippen LogP contribution in [0, 0.1) is 20.8 Å². The molecule has 0 unspecified atom stereocenters. The monoisotopic (exact) mass is 227 g/mol. The second-order valence-electron chi connectivity index (χ2n) is 4.26. The summed E-state index contributed by atoms with van der Waals surface area (Å²) in [5.41, 5.74) is 5.77. The third kappa shape index (κ3) is 2.13. The maximum absolute atomic E-state index is 4.40. The van der Waals surface area contributed by atoms with Crippen molar-refractivity contribution in [3.8, 4) is 11.3 Å². The summed E-state index contributed by atoms with van der Waals surface area (Å²) in [6, 6.07) is 6.41. The van der Waals surface area contributed by atoms with Crippen LogP contribution in [0.2, 0.25) is 0 Å². The predicted octanol–water partition coefficient (Wildman–Crippen LogP) is 3.11. The van der Waals surface area contributed by atoms with Crippen molar-refractivity contribution in [2.45, 2.75) is 20.8 Å². The molecule has 2 aromatic rings. The van der Waals surface area contributed by atoms with Gasteiger partial charge in [-0.05, 0) is 26.3 Å². The summed E-state index contributed by atoms with van der Waals surface area (Å²) in [5.74, 6) is 0.884.